The molecule has 35 heavy (non-hydrogen) atoms. The van der Waals surface area contributed by atoms with E-state index in [1.54, 1.807) is 5.57 Å². The molecule has 5 heteroatoms. The van der Waals surface area contributed by atoms with Gasteiger partial charge in [0.05, 0.1) is 0 Å². The van der Waals surface area contributed by atoms with Crippen LogP contribution in [0, 0.1) is 11.2 Å². The lowest BCUT2D eigenvalue weighted by atomic mass is 9.66. The van der Waals surface area contributed by atoms with E-state index in [2.05, 4.69) is 86.7 Å². The predicted molar refractivity (Wildman–Crippen MR) is 148 cm³/mol. The summed E-state index contributed by atoms with van der Waals surface area (Å²) in [4.78, 5) is 3.62. The highest BCUT2D eigenvalue weighted by Crippen LogP contribution is 2.49. The van der Waals surface area contributed by atoms with E-state index in [-0.39, 0.29) is 16.6 Å². The van der Waals surface area contributed by atoms with E-state index in [0.29, 0.717) is 0 Å². The van der Waals surface area contributed by atoms with Crippen molar-refractivity contribution in [3.63, 3.8) is 0 Å². The fourth-order valence-electron chi connectivity index (χ4n) is 5.16. The van der Waals surface area contributed by atoms with Gasteiger partial charge in [0.1, 0.15) is 5.82 Å². The SMILES string of the molecule is CC1=C(Nc2ccc(F)cc2)C=C2CCN(Sc3ccc(C(C)(C)C)cc3)CC2(CCN(C)C)C1. The van der Waals surface area contributed by atoms with Crippen molar-refractivity contribution in [3.8, 4) is 0 Å². The molecule has 1 fully saturated rings. The van der Waals surface area contributed by atoms with E-state index < -0.39 is 0 Å². The molecule has 188 valence electrons. The van der Waals surface area contributed by atoms with Crippen LogP contribution in [0.1, 0.15) is 52.5 Å². The standard InChI is InChI=1S/C30H40FN3S/c1-22-20-30(16-18-33(5)6)21-34(35-27-13-7-23(8-14-27)29(2,3)4)17-15-24(30)19-28(22)32-26-11-9-25(31)10-12-26/h7-14,19,32H,15-18,20-21H2,1-6H3. The molecule has 1 N–H and O–H groups in total. The van der Waals surface area contributed by atoms with E-state index in [9.17, 15) is 4.39 Å². The molecule has 1 atom stereocenters. The number of nitrogens with zero attached hydrogens (tertiary/aromatic N) is 2. The number of anilines is 1. The molecule has 0 radical (unpaired) electrons. The van der Waals surface area contributed by atoms with Crippen LogP contribution in [0.25, 0.3) is 0 Å². The van der Waals surface area contributed by atoms with Gasteiger partial charge in [-0.1, -0.05) is 38.5 Å². The highest BCUT2D eigenvalue weighted by molar-refractivity contribution is 7.97. The van der Waals surface area contributed by atoms with Crippen LogP contribution in [0.2, 0.25) is 0 Å². The van der Waals surface area contributed by atoms with E-state index in [4.69, 9.17) is 0 Å². The van der Waals surface area contributed by atoms with Gasteiger partial charge in [0.2, 0.25) is 0 Å². The zero-order valence-electron chi connectivity index (χ0n) is 22.1. The van der Waals surface area contributed by atoms with Crippen LogP contribution < -0.4 is 5.32 Å². The molecular weight excluding hydrogens is 453 g/mol. The largest absolute Gasteiger partial charge is 0.356 e. The highest BCUT2D eigenvalue weighted by atomic mass is 32.2. The first kappa shape index (κ1) is 26.0. The van der Waals surface area contributed by atoms with Gasteiger partial charge < -0.3 is 10.2 Å². The molecule has 4 rings (SSSR count). The lowest BCUT2D eigenvalue weighted by Crippen LogP contribution is -2.45. The highest BCUT2D eigenvalue weighted by Gasteiger charge is 2.42. The van der Waals surface area contributed by atoms with Crippen molar-refractivity contribution in [3.05, 3.63) is 82.8 Å². The molecule has 1 heterocycles. The average molecular weight is 494 g/mol. The van der Waals surface area contributed by atoms with Crippen LogP contribution in [-0.4, -0.2) is 42.9 Å². The molecule has 2 aliphatic rings. The van der Waals surface area contributed by atoms with E-state index >= 15 is 0 Å². The minimum atomic E-state index is -0.205. The summed E-state index contributed by atoms with van der Waals surface area (Å²) < 4.78 is 15.9. The third-order valence-electron chi connectivity index (χ3n) is 7.29. The summed E-state index contributed by atoms with van der Waals surface area (Å²) in [6, 6.07) is 15.8. The number of benzene rings is 2. The quantitative estimate of drug-likeness (QED) is 0.403. The molecule has 0 amide bonds. The Morgan fingerprint density at radius 2 is 1.74 bits per heavy atom. The summed E-state index contributed by atoms with van der Waals surface area (Å²) in [5.74, 6) is -0.205. The Morgan fingerprint density at radius 3 is 2.37 bits per heavy atom. The van der Waals surface area contributed by atoms with Gasteiger partial charge in [-0.15, -0.1) is 0 Å². The van der Waals surface area contributed by atoms with Crippen LogP contribution in [0.15, 0.2) is 76.3 Å². The maximum absolute atomic E-state index is 13.4. The van der Waals surface area contributed by atoms with E-state index in [1.807, 2.05) is 24.1 Å². The van der Waals surface area contributed by atoms with Gasteiger partial charge in [-0.2, -0.15) is 0 Å². The minimum Gasteiger partial charge on any atom is -0.356 e. The minimum absolute atomic E-state index is 0.152. The Morgan fingerprint density at radius 1 is 1.06 bits per heavy atom. The lowest BCUT2D eigenvalue weighted by molar-refractivity contribution is 0.186. The normalized spacial score (nSPS) is 21.2. The number of fused-ring (bicyclic) bond motifs is 1. The smallest absolute Gasteiger partial charge is 0.123 e. The van der Waals surface area contributed by atoms with Gasteiger partial charge in [0.15, 0.2) is 0 Å². The number of hydrogen-bond donors (Lipinski definition) is 1. The molecule has 1 aliphatic carbocycles. The van der Waals surface area contributed by atoms with Crippen molar-refractivity contribution < 1.29 is 4.39 Å². The second kappa shape index (κ2) is 10.5. The van der Waals surface area contributed by atoms with Crippen molar-refractivity contribution in [1.29, 1.82) is 0 Å². The Kier molecular flexibility index (Phi) is 7.80. The third kappa shape index (κ3) is 6.38. The van der Waals surface area contributed by atoms with Crippen LogP contribution in [0.5, 0.6) is 0 Å². The van der Waals surface area contributed by atoms with E-state index in [0.717, 1.165) is 44.6 Å². The van der Waals surface area contributed by atoms with Gasteiger partial charge in [-0.05, 0) is 118 Å². The molecule has 2 aromatic rings. The molecule has 0 saturated carbocycles. The second-order valence-electron chi connectivity index (χ2n) is 11.5. The summed E-state index contributed by atoms with van der Waals surface area (Å²) in [5, 5.41) is 3.55. The van der Waals surface area contributed by atoms with Gasteiger partial charge >= 0.3 is 0 Å². The van der Waals surface area contributed by atoms with Gasteiger partial charge in [0.25, 0.3) is 0 Å². The molecule has 0 spiro atoms. The third-order valence-corrected chi connectivity index (χ3v) is 8.34. The first-order chi connectivity index (χ1) is 16.5. The molecule has 1 saturated heterocycles. The number of allylic oxidation sites excluding steroid dienone is 2. The lowest BCUT2D eigenvalue weighted by Gasteiger charge is -2.47. The second-order valence-corrected chi connectivity index (χ2v) is 12.7. The van der Waals surface area contributed by atoms with Crippen LogP contribution >= 0.6 is 11.9 Å². The van der Waals surface area contributed by atoms with E-state index in [1.165, 1.54) is 33.9 Å². The predicted octanol–water partition coefficient (Wildman–Crippen LogP) is 7.49. The Balaban J connectivity index is 1.52. The monoisotopic (exact) mass is 493 g/mol. The molecular formula is C30H40FN3S. The van der Waals surface area contributed by atoms with Gasteiger partial charge in [-0.25, -0.2) is 8.70 Å². The first-order valence-electron chi connectivity index (χ1n) is 12.7. The average Bonchev–Trinajstić information content (AvgIpc) is 2.80. The molecule has 1 unspecified atom stereocenters. The summed E-state index contributed by atoms with van der Waals surface area (Å²) in [5.41, 5.74) is 6.74. The Hall–Kier alpha value is -2.08. The van der Waals surface area contributed by atoms with Gasteiger partial charge in [0, 0.05) is 34.8 Å². The number of rotatable bonds is 7. The van der Waals surface area contributed by atoms with Crippen molar-refractivity contribution >= 4 is 17.6 Å². The first-order valence-corrected chi connectivity index (χ1v) is 13.4. The maximum atomic E-state index is 13.4. The Bertz CT molecular complexity index is 1080. The number of hydrogen-bond acceptors (Lipinski definition) is 4. The fraction of sp³-hybridized carbons (Fsp3) is 0.467. The van der Waals surface area contributed by atoms with Gasteiger partial charge in [-0.3, -0.25) is 0 Å². The van der Waals surface area contributed by atoms with Crippen molar-refractivity contribution in [2.24, 2.45) is 5.41 Å². The summed E-state index contributed by atoms with van der Waals surface area (Å²) in [6.45, 7) is 12.2. The summed E-state index contributed by atoms with van der Waals surface area (Å²) >= 11 is 1.90. The summed E-state index contributed by atoms with van der Waals surface area (Å²) in [7, 11) is 4.33. The van der Waals surface area contributed by atoms with Crippen molar-refractivity contribution in [2.45, 2.75) is 57.3 Å². The van der Waals surface area contributed by atoms with Crippen molar-refractivity contribution in [1.82, 2.24) is 9.21 Å². The fourth-order valence-corrected chi connectivity index (χ4v) is 6.21. The Labute approximate surface area is 215 Å². The molecule has 2 aromatic carbocycles. The van der Waals surface area contributed by atoms with Crippen LogP contribution in [-0.2, 0) is 5.41 Å². The zero-order valence-corrected chi connectivity index (χ0v) is 22.9. The number of halogens is 1. The number of piperidine rings is 1. The summed E-state index contributed by atoms with van der Waals surface area (Å²) in [6.07, 6.45) is 5.66. The topological polar surface area (TPSA) is 18.5 Å². The van der Waals surface area contributed by atoms with Crippen LogP contribution in [0.4, 0.5) is 10.1 Å². The molecule has 0 bridgehead atoms. The number of nitrogens with one attached hydrogen (secondary N) is 1. The van der Waals surface area contributed by atoms with Crippen LogP contribution in [0.3, 0.4) is 0 Å². The maximum Gasteiger partial charge on any atom is 0.123 e. The van der Waals surface area contributed by atoms with Crippen molar-refractivity contribution in [2.75, 3.05) is 39.0 Å². The zero-order chi connectivity index (χ0) is 25.2. The molecule has 3 nitrogen and oxygen atoms in total. The molecule has 0 aromatic heterocycles. The molecule has 1 aliphatic heterocycles.